The van der Waals surface area contributed by atoms with Gasteiger partial charge in [-0.3, -0.25) is 4.99 Å². The molecule has 1 aromatic carbocycles. The first kappa shape index (κ1) is 22.4. The molecule has 0 bridgehead atoms. The van der Waals surface area contributed by atoms with Gasteiger partial charge in [0.15, 0.2) is 5.96 Å². The predicted octanol–water partition coefficient (Wildman–Crippen LogP) is 2.49. The lowest BCUT2D eigenvalue weighted by Crippen LogP contribution is -2.44. The highest BCUT2D eigenvalue weighted by atomic mass is 32.2. The first-order chi connectivity index (χ1) is 12.1. The Bertz CT molecular complexity index is 652. The normalized spacial score (nSPS) is 14.1. The number of nitrogens with one attached hydrogen (secondary N) is 3. The minimum Gasteiger partial charge on any atom is -0.355 e. The van der Waals surface area contributed by atoms with Crippen LogP contribution in [0.25, 0.3) is 0 Å². The number of rotatable bonds is 9. The number of aliphatic imine (C=N–C) groups is 1. The summed E-state index contributed by atoms with van der Waals surface area (Å²) in [6, 6.07) is 9.75. The van der Waals surface area contributed by atoms with Gasteiger partial charge in [-0.05, 0) is 30.7 Å². The fourth-order valence-corrected chi connectivity index (χ4v) is 3.22. The highest BCUT2D eigenvalue weighted by Crippen LogP contribution is 2.21. The van der Waals surface area contributed by atoms with Crippen LogP contribution < -0.4 is 15.4 Å². The Balaban J connectivity index is 2.34. The maximum atomic E-state index is 12.1. The van der Waals surface area contributed by atoms with Crippen LogP contribution in [-0.2, 0) is 16.6 Å². The Hall–Kier alpha value is -1.60. The molecule has 0 aliphatic rings. The van der Waals surface area contributed by atoms with Gasteiger partial charge in [0.05, 0.1) is 5.75 Å². The smallest absolute Gasteiger partial charge is 0.213 e. The number of hydrogen-bond acceptors (Lipinski definition) is 3. The van der Waals surface area contributed by atoms with Crippen molar-refractivity contribution in [2.45, 2.75) is 53.1 Å². The van der Waals surface area contributed by atoms with Crippen LogP contribution in [0.3, 0.4) is 0 Å². The van der Waals surface area contributed by atoms with E-state index in [4.69, 9.17) is 0 Å². The predicted molar refractivity (Wildman–Crippen MR) is 110 cm³/mol. The van der Waals surface area contributed by atoms with Gasteiger partial charge in [0.25, 0.3) is 0 Å². The van der Waals surface area contributed by atoms with Crippen molar-refractivity contribution in [2.24, 2.45) is 10.4 Å². The fraction of sp³-hybridized carbons (Fsp3) is 0.632. The van der Waals surface area contributed by atoms with Crippen LogP contribution in [0.15, 0.2) is 35.3 Å². The third kappa shape index (κ3) is 10.4. The van der Waals surface area contributed by atoms with E-state index in [0.717, 1.165) is 18.4 Å². The van der Waals surface area contributed by atoms with E-state index in [-0.39, 0.29) is 11.8 Å². The zero-order valence-corrected chi connectivity index (χ0v) is 17.5. The molecule has 3 N–H and O–H groups in total. The molecule has 0 radical (unpaired) electrons. The van der Waals surface area contributed by atoms with Gasteiger partial charge in [-0.2, -0.15) is 0 Å². The van der Waals surface area contributed by atoms with E-state index >= 15 is 0 Å². The first-order valence-corrected chi connectivity index (χ1v) is 10.7. The van der Waals surface area contributed by atoms with E-state index in [2.05, 4.69) is 48.0 Å². The van der Waals surface area contributed by atoms with Gasteiger partial charge in [0.2, 0.25) is 10.0 Å². The van der Waals surface area contributed by atoms with Crippen molar-refractivity contribution in [3.63, 3.8) is 0 Å². The lowest BCUT2D eigenvalue weighted by atomic mass is 9.89. The molecule has 6 nitrogen and oxygen atoms in total. The molecule has 0 aromatic heterocycles. The van der Waals surface area contributed by atoms with Gasteiger partial charge in [-0.25, -0.2) is 13.1 Å². The Morgan fingerprint density at radius 1 is 1.19 bits per heavy atom. The van der Waals surface area contributed by atoms with Crippen LogP contribution in [0.4, 0.5) is 0 Å². The number of sulfonamides is 1. The summed E-state index contributed by atoms with van der Waals surface area (Å²) in [6.07, 6.45) is 2.14. The van der Waals surface area contributed by atoms with Crippen molar-refractivity contribution >= 4 is 16.0 Å². The Labute approximate surface area is 158 Å². The van der Waals surface area contributed by atoms with E-state index < -0.39 is 10.0 Å². The minimum absolute atomic E-state index is 0.00307. The van der Waals surface area contributed by atoms with Crippen LogP contribution in [0.5, 0.6) is 0 Å². The number of benzene rings is 1. The third-order valence-electron chi connectivity index (χ3n) is 3.94. The molecule has 0 amide bonds. The maximum absolute atomic E-state index is 12.1. The van der Waals surface area contributed by atoms with Crippen LogP contribution in [0.1, 0.15) is 46.1 Å². The molecular weight excluding hydrogens is 348 g/mol. The van der Waals surface area contributed by atoms with Crippen LogP contribution >= 0.6 is 0 Å². The standard InChI is InChI=1S/C19H34N4O2S/c1-16(11-12-19(2,3)4)23-18(20-5)21-13-14-26(24,25)22-15-17-9-7-6-8-10-17/h6-10,16,22H,11-15H2,1-5H3,(H2,20,21,23). The van der Waals surface area contributed by atoms with Crippen molar-refractivity contribution in [1.29, 1.82) is 0 Å². The molecule has 1 rings (SSSR count). The summed E-state index contributed by atoms with van der Waals surface area (Å²) >= 11 is 0. The Kier molecular flexibility index (Phi) is 9.08. The molecule has 148 valence electrons. The van der Waals surface area contributed by atoms with Gasteiger partial charge in [0, 0.05) is 26.2 Å². The molecule has 0 heterocycles. The zero-order valence-electron chi connectivity index (χ0n) is 16.7. The van der Waals surface area contributed by atoms with Crippen molar-refractivity contribution in [1.82, 2.24) is 15.4 Å². The Morgan fingerprint density at radius 3 is 2.42 bits per heavy atom. The first-order valence-electron chi connectivity index (χ1n) is 9.10. The third-order valence-corrected chi connectivity index (χ3v) is 5.26. The molecule has 0 fully saturated rings. The van der Waals surface area contributed by atoms with Crippen molar-refractivity contribution in [3.8, 4) is 0 Å². The van der Waals surface area contributed by atoms with E-state index in [0.29, 0.717) is 24.5 Å². The van der Waals surface area contributed by atoms with Crippen LogP contribution in [-0.4, -0.2) is 39.8 Å². The summed E-state index contributed by atoms with van der Waals surface area (Å²) in [4.78, 5) is 4.16. The van der Waals surface area contributed by atoms with E-state index in [1.54, 1.807) is 7.05 Å². The molecule has 0 saturated heterocycles. The average molecular weight is 383 g/mol. The molecule has 0 aliphatic carbocycles. The molecular formula is C19H34N4O2S. The van der Waals surface area contributed by atoms with Crippen LogP contribution in [0, 0.1) is 5.41 Å². The number of guanidine groups is 1. The van der Waals surface area contributed by atoms with Crippen molar-refractivity contribution < 1.29 is 8.42 Å². The van der Waals surface area contributed by atoms with Crippen molar-refractivity contribution in [2.75, 3.05) is 19.3 Å². The SMILES string of the molecule is CN=C(NCCS(=O)(=O)NCc1ccccc1)NC(C)CCC(C)(C)C. The number of hydrogen-bond donors (Lipinski definition) is 3. The summed E-state index contributed by atoms with van der Waals surface area (Å²) in [6.45, 7) is 9.38. The second-order valence-electron chi connectivity index (χ2n) is 7.77. The molecule has 0 saturated carbocycles. The Morgan fingerprint density at radius 2 is 1.85 bits per heavy atom. The summed E-state index contributed by atoms with van der Waals surface area (Å²) in [5, 5.41) is 6.38. The van der Waals surface area contributed by atoms with Gasteiger partial charge < -0.3 is 10.6 Å². The zero-order chi connectivity index (χ0) is 19.6. The number of nitrogens with zero attached hydrogens (tertiary/aromatic N) is 1. The quantitative estimate of drug-likeness (QED) is 0.453. The van der Waals surface area contributed by atoms with E-state index in [1.807, 2.05) is 30.3 Å². The molecule has 1 unspecified atom stereocenters. The van der Waals surface area contributed by atoms with Gasteiger partial charge in [0.1, 0.15) is 0 Å². The second-order valence-corrected chi connectivity index (χ2v) is 9.70. The maximum Gasteiger partial charge on any atom is 0.213 e. The molecule has 7 heteroatoms. The minimum atomic E-state index is -3.34. The second kappa shape index (κ2) is 10.5. The summed E-state index contributed by atoms with van der Waals surface area (Å²) < 4.78 is 26.8. The average Bonchev–Trinajstić information content (AvgIpc) is 2.57. The van der Waals surface area contributed by atoms with Crippen molar-refractivity contribution in [3.05, 3.63) is 35.9 Å². The monoisotopic (exact) mass is 382 g/mol. The van der Waals surface area contributed by atoms with Crippen LogP contribution in [0.2, 0.25) is 0 Å². The lowest BCUT2D eigenvalue weighted by Gasteiger charge is -2.23. The molecule has 1 atom stereocenters. The summed E-state index contributed by atoms with van der Waals surface area (Å²) in [7, 11) is -1.65. The van der Waals surface area contributed by atoms with Gasteiger partial charge >= 0.3 is 0 Å². The highest BCUT2D eigenvalue weighted by molar-refractivity contribution is 7.89. The van der Waals surface area contributed by atoms with Gasteiger partial charge in [-0.15, -0.1) is 0 Å². The largest absolute Gasteiger partial charge is 0.355 e. The van der Waals surface area contributed by atoms with Gasteiger partial charge in [-0.1, -0.05) is 51.1 Å². The molecule has 26 heavy (non-hydrogen) atoms. The summed E-state index contributed by atoms with van der Waals surface area (Å²) in [5.74, 6) is 0.626. The molecule has 1 aromatic rings. The summed E-state index contributed by atoms with van der Waals surface area (Å²) in [5.41, 5.74) is 1.24. The lowest BCUT2D eigenvalue weighted by molar-refractivity contribution is 0.346. The molecule has 0 spiro atoms. The van der Waals surface area contributed by atoms with E-state index in [1.165, 1.54) is 0 Å². The topological polar surface area (TPSA) is 82.6 Å². The fourth-order valence-electron chi connectivity index (χ4n) is 2.31. The highest BCUT2D eigenvalue weighted by Gasteiger charge is 2.14. The molecule has 0 aliphatic heterocycles. The van der Waals surface area contributed by atoms with E-state index in [9.17, 15) is 8.42 Å².